The van der Waals surface area contributed by atoms with E-state index < -0.39 is 0 Å². The Bertz CT molecular complexity index is 203. The summed E-state index contributed by atoms with van der Waals surface area (Å²) in [6, 6.07) is 0.372. The molecule has 0 aromatic rings. The predicted octanol–water partition coefficient (Wildman–Crippen LogP) is 3.10. The normalized spacial score (nSPS) is 11.2. The summed E-state index contributed by atoms with van der Waals surface area (Å²) in [5, 5.41) is 6.06. The van der Waals surface area contributed by atoms with Gasteiger partial charge in [-0.15, -0.1) is 0 Å². The monoisotopic (exact) mass is 256 g/mol. The highest BCUT2D eigenvalue weighted by Crippen LogP contribution is 2.10. The Morgan fingerprint density at radius 3 is 2.17 bits per heavy atom. The zero-order chi connectivity index (χ0) is 13.8. The van der Waals surface area contributed by atoms with E-state index in [1.807, 2.05) is 13.8 Å². The number of amides is 1. The van der Waals surface area contributed by atoms with E-state index in [1.54, 1.807) is 0 Å². The second-order valence-electron chi connectivity index (χ2n) is 5.84. The quantitative estimate of drug-likeness (QED) is 0.558. The average Bonchev–Trinajstić information content (AvgIpc) is 2.29. The van der Waals surface area contributed by atoms with Crippen molar-refractivity contribution in [3.63, 3.8) is 0 Å². The van der Waals surface area contributed by atoms with Crippen LogP contribution in [0.2, 0.25) is 0 Å². The Morgan fingerprint density at radius 2 is 1.56 bits per heavy atom. The van der Waals surface area contributed by atoms with E-state index in [2.05, 4.69) is 24.5 Å². The van der Waals surface area contributed by atoms with E-state index in [0.717, 1.165) is 18.9 Å². The Hall–Kier alpha value is -0.570. The number of unbranched alkanes of at least 4 members (excludes halogenated alkanes) is 4. The maximum Gasteiger partial charge on any atom is 0.233 e. The van der Waals surface area contributed by atoms with Crippen LogP contribution in [0.4, 0.5) is 0 Å². The molecule has 0 atom stereocenters. The van der Waals surface area contributed by atoms with Crippen molar-refractivity contribution in [2.24, 2.45) is 5.92 Å². The molecule has 0 unspecified atom stereocenters. The van der Waals surface area contributed by atoms with Crippen LogP contribution >= 0.6 is 0 Å². The molecule has 0 aliphatic heterocycles. The first-order chi connectivity index (χ1) is 8.52. The van der Waals surface area contributed by atoms with E-state index in [-0.39, 0.29) is 5.91 Å². The fraction of sp³-hybridized carbons (Fsp3) is 0.933. The molecule has 0 saturated carbocycles. The molecular weight excluding hydrogens is 224 g/mol. The minimum Gasteiger partial charge on any atom is -0.355 e. The molecule has 0 aromatic heterocycles. The highest BCUT2D eigenvalue weighted by molar-refractivity contribution is 5.77. The van der Waals surface area contributed by atoms with Crippen molar-refractivity contribution in [3.05, 3.63) is 0 Å². The molecule has 108 valence electrons. The molecule has 3 nitrogen and oxygen atoms in total. The van der Waals surface area contributed by atoms with Crippen LogP contribution in [0, 0.1) is 5.92 Å². The molecule has 0 rings (SSSR count). The van der Waals surface area contributed by atoms with Crippen molar-refractivity contribution < 1.29 is 4.79 Å². The van der Waals surface area contributed by atoms with Gasteiger partial charge in [-0.1, -0.05) is 59.8 Å². The van der Waals surface area contributed by atoms with Crippen LogP contribution in [0.15, 0.2) is 0 Å². The number of hydrogen-bond acceptors (Lipinski definition) is 2. The fourth-order valence-electron chi connectivity index (χ4n) is 1.80. The topological polar surface area (TPSA) is 41.1 Å². The zero-order valence-electron chi connectivity index (χ0n) is 12.7. The van der Waals surface area contributed by atoms with Crippen molar-refractivity contribution in [2.45, 2.75) is 72.3 Å². The van der Waals surface area contributed by atoms with Gasteiger partial charge in [0.25, 0.3) is 0 Å². The summed E-state index contributed by atoms with van der Waals surface area (Å²) in [7, 11) is 0. The van der Waals surface area contributed by atoms with Gasteiger partial charge in [-0.3, -0.25) is 4.79 Å². The summed E-state index contributed by atoms with van der Waals surface area (Å²) < 4.78 is 0. The van der Waals surface area contributed by atoms with Gasteiger partial charge in [0.2, 0.25) is 5.91 Å². The molecule has 2 N–H and O–H groups in total. The number of hydrogen-bond donors (Lipinski definition) is 2. The van der Waals surface area contributed by atoms with Crippen molar-refractivity contribution in [1.82, 2.24) is 10.6 Å². The largest absolute Gasteiger partial charge is 0.355 e. The second-order valence-corrected chi connectivity index (χ2v) is 5.84. The first-order valence-electron chi connectivity index (χ1n) is 7.52. The fourth-order valence-corrected chi connectivity index (χ4v) is 1.80. The molecule has 0 spiro atoms. The van der Waals surface area contributed by atoms with Crippen LogP contribution in [0.25, 0.3) is 0 Å². The average molecular weight is 256 g/mol. The lowest BCUT2D eigenvalue weighted by molar-refractivity contribution is -0.120. The van der Waals surface area contributed by atoms with E-state index in [0.29, 0.717) is 12.6 Å². The van der Waals surface area contributed by atoms with Gasteiger partial charge in [0.1, 0.15) is 0 Å². The Labute approximate surface area is 113 Å². The van der Waals surface area contributed by atoms with Crippen LogP contribution in [-0.2, 0) is 4.79 Å². The molecule has 1 amide bonds. The van der Waals surface area contributed by atoms with Gasteiger partial charge < -0.3 is 10.6 Å². The van der Waals surface area contributed by atoms with E-state index in [4.69, 9.17) is 0 Å². The van der Waals surface area contributed by atoms with Gasteiger partial charge in [-0.05, 0) is 12.3 Å². The molecule has 0 bridgehead atoms. The van der Waals surface area contributed by atoms with Gasteiger partial charge in [0, 0.05) is 12.6 Å². The molecule has 0 radical (unpaired) electrons. The lowest BCUT2D eigenvalue weighted by Crippen LogP contribution is -2.37. The van der Waals surface area contributed by atoms with Crippen molar-refractivity contribution in [2.75, 3.05) is 13.1 Å². The third kappa shape index (κ3) is 13.5. The Kier molecular flexibility index (Phi) is 11.2. The summed E-state index contributed by atoms with van der Waals surface area (Å²) >= 11 is 0. The zero-order valence-corrected chi connectivity index (χ0v) is 12.7. The van der Waals surface area contributed by atoms with Crippen molar-refractivity contribution in [1.29, 1.82) is 0 Å². The van der Waals surface area contributed by atoms with E-state index >= 15 is 0 Å². The van der Waals surface area contributed by atoms with Crippen LogP contribution in [0.3, 0.4) is 0 Å². The highest BCUT2D eigenvalue weighted by atomic mass is 16.1. The molecule has 18 heavy (non-hydrogen) atoms. The lowest BCUT2D eigenvalue weighted by Gasteiger charge is -2.09. The maximum atomic E-state index is 11.4. The first kappa shape index (κ1) is 17.4. The van der Waals surface area contributed by atoms with Crippen molar-refractivity contribution >= 4 is 5.91 Å². The Morgan fingerprint density at radius 1 is 0.944 bits per heavy atom. The molecule has 0 aromatic carbocycles. The van der Waals surface area contributed by atoms with Crippen LogP contribution in [0.1, 0.15) is 66.2 Å². The minimum absolute atomic E-state index is 0.114. The van der Waals surface area contributed by atoms with E-state index in [9.17, 15) is 4.79 Å². The van der Waals surface area contributed by atoms with E-state index in [1.165, 1.54) is 32.1 Å². The third-order valence-electron chi connectivity index (χ3n) is 2.95. The molecule has 0 saturated heterocycles. The standard InChI is InChI=1S/C15H32N2O/c1-13(2)10-8-6-5-7-9-11-16-15(18)12-17-14(3)4/h13-14,17H,5-12H2,1-4H3,(H,16,18). The molecule has 0 aliphatic rings. The van der Waals surface area contributed by atoms with Gasteiger partial charge in [0.05, 0.1) is 6.54 Å². The lowest BCUT2D eigenvalue weighted by atomic mass is 10.0. The van der Waals surface area contributed by atoms with Crippen LogP contribution < -0.4 is 10.6 Å². The Balaban J connectivity index is 3.17. The third-order valence-corrected chi connectivity index (χ3v) is 2.95. The molecule has 0 aliphatic carbocycles. The summed E-state index contributed by atoms with van der Waals surface area (Å²) in [6.07, 6.45) is 7.67. The number of carbonyl (C=O) groups excluding carboxylic acids is 1. The van der Waals surface area contributed by atoms with Crippen LogP contribution in [0.5, 0.6) is 0 Å². The van der Waals surface area contributed by atoms with Crippen molar-refractivity contribution in [3.8, 4) is 0 Å². The van der Waals surface area contributed by atoms with Gasteiger partial charge in [0.15, 0.2) is 0 Å². The molecule has 3 heteroatoms. The second kappa shape index (κ2) is 11.5. The SMILES string of the molecule is CC(C)CCCCCCCNC(=O)CNC(C)C. The minimum atomic E-state index is 0.114. The predicted molar refractivity (Wildman–Crippen MR) is 78.7 cm³/mol. The summed E-state index contributed by atoms with van der Waals surface area (Å²) in [4.78, 5) is 11.4. The number of carbonyl (C=O) groups is 1. The number of nitrogens with one attached hydrogen (secondary N) is 2. The highest BCUT2D eigenvalue weighted by Gasteiger charge is 2.01. The smallest absolute Gasteiger partial charge is 0.233 e. The number of rotatable bonds is 11. The summed E-state index contributed by atoms with van der Waals surface area (Å²) in [5.41, 5.74) is 0. The van der Waals surface area contributed by atoms with Crippen LogP contribution in [-0.4, -0.2) is 25.0 Å². The molecule has 0 heterocycles. The first-order valence-corrected chi connectivity index (χ1v) is 7.52. The maximum absolute atomic E-state index is 11.4. The van der Waals surface area contributed by atoms with Gasteiger partial charge in [-0.25, -0.2) is 0 Å². The molecular formula is C15H32N2O. The molecule has 0 fully saturated rings. The van der Waals surface area contributed by atoms with Gasteiger partial charge in [-0.2, -0.15) is 0 Å². The van der Waals surface area contributed by atoms with Gasteiger partial charge >= 0.3 is 0 Å². The summed E-state index contributed by atoms with van der Waals surface area (Å²) in [6.45, 7) is 9.91. The summed E-state index contributed by atoms with van der Waals surface area (Å²) in [5.74, 6) is 0.946.